The number of nitrogens with zero attached hydrogens (tertiary/aromatic N) is 1. The molecule has 0 saturated carbocycles. The summed E-state index contributed by atoms with van der Waals surface area (Å²) in [6, 6.07) is 7.09. The highest BCUT2D eigenvalue weighted by Gasteiger charge is 2.16. The van der Waals surface area contributed by atoms with E-state index in [9.17, 15) is 8.42 Å². The second kappa shape index (κ2) is 5.49. The molecule has 0 atom stereocenters. The first-order valence-electron chi connectivity index (χ1n) is 5.55. The van der Waals surface area contributed by atoms with Crippen LogP contribution in [0, 0.1) is 17.4 Å². The molecule has 1 N–H and O–H groups in total. The second-order valence-corrected chi connectivity index (χ2v) is 7.09. The van der Waals surface area contributed by atoms with Crippen molar-refractivity contribution >= 4 is 38.3 Å². The molecular weight excluding hydrogens is 379 g/mol. The molecule has 0 aliphatic rings. The van der Waals surface area contributed by atoms with Crippen LogP contribution in [-0.2, 0) is 15.8 Å². The van der Waals surface area contributed by atoms with Crippen LogP contribution in [0.15, 0.2) is 28.8 Å². The standard InChI is InChI=1S/C12H13IN2O3S/c1-8-6-10(14-18-8)7-19(16,17)15-12-5-3-4-11(13)9(12)2/h3-6,15H,7H2,1-2H3. The molecule has 0 bridgehead atoms. The Kier molecular flexibility index (Phi) is 4.14. The molecule has 7 heteroatoms. The van der Waals surface area contributed by atoms with Gasteiger partial charge in [-0.15, -0.1) is 0 Å². The lowest BCUT2D eigenvalue weighted by atomic mass is 10.2. The van der Waals surface area contributed by atoms with Crippen LogP contribution in [0.3, 0.4) is 0 Å². The molecule has 1 aromatic carbocycles. The van der Waals surface area contributed by atoms with Crippen LogP contribution in [0.5, 0.6) is 0 Å². The number of hydrogen-bond donors (Lipinski definition) is 1. The number of benzene rings is 1. The van der Waals surface area contributed by atoms with Crippen LogP contribution in [0.2, 0.25) is 0 Å². The van der Waals surface area contributed by atoms with Gasteiger partial charge in [-0.3, -0.25) is 4.72 Å². The maximum Gasteiger partial charge on any atom is 0.238 e. The van der Waals surface area contributed by atoms with E-state index < -0.39 is 10.0 Å². The molecular formula is C12H13IN2O3S. The van der Waals surface area contributed by atoms with Gasteiger partial charge >= 0.3 is 0 Å². The molecule has 0 aliphatic carbocycles. The Morgan fingerprint density at radius 1 is 1.37 bits per heavy atom. The summed E-state index contributed by atoms with van der Waals surface area (Å²) in [7, 11) is -3.49. The maximum atomic E-state index is 12.0. The lowest BCUT2D eigenvalue weighted by molar-refractivity contribution is 0.392. The number of rotatable bonds is 4. The van der Waals surface area contributed by atoms with E-state index in [-0.39, 0.29) is 5.75 Å². The van der Waals surface area contributed by atoms with Crippen molar-refractivity contribution in [1.82, 2.24) is 5.16 Å². The van der Waals surface area contributed by atoms with Crippen molar-refractivity contribution in [2.24, 2.45) is 0 Å². The number of hydrogen-bond acceptors (Lipinski definition) is 4. The zero-order chi connectivity index (χ0) is 14.0. The summed E-state index contributed by atoms with van der Waals surface area (Å²) in [5, 5.41) is 3.69. The van der Waals surface area contributed by atoms with Crippen LogP contribution >= 0.6 is 22.6 Å². The van der Waals surface area contributed by atoms with E-state index in [1.807, 2.05) is 19.1 Å². The Balaban J connectivity index is 2.19. The fourth-order valence-corrected chi connectivity index (χ4v) is 3.25. The Hall–Kier alpha value is -1.09. The molecule has 5 nitrogen and oxygen atoms in total. The third-order valence-corrected chi connectivity index (χ3v) is 4.92. The molecule has 1 heterocycles. The fourth-order valence-electron chi connectivity index (χ4n) is 1.60. The lowest BCUT2D eigenvalue weighted by Gasteiger charge is -2.10. The van der Waals surface area contributed by atoms with Crippen LogP contribution in [0.1, 0.15) is 17.0 Å². The summed E-state index contributed by atoms with van der Waals surface area (Å²) < 4.78 is 32.5. The first kappa shape index (κ1) is 14.3. The molecule has 19 heavy (non-hydrogen) atoms. The van der Waals surface area contributed by atoms with Crippen molar-refractivity contribution in [2.75, 3.05) is 4.72 Å². The second-order valence-electron chi connectivity index (χ2n) is 4.20. The van der Waals surface area contributed by atoms with Crippen molar-refractivity contribution in [2.45, 2.75) is 19.6 Å². The smallest absolute Gasteiger partial charge is 0.238 e. The van der Waals surface area contributed by atoms with E-state index in [0.29, 0.717) is 17.1 Å². The molecule has 1 aromatic heterocycles. The monoisotopic (exact) mass is 392 g/mol. The number of anilines is 1. The van der Waals surface area contributed by atoms with Gasteiger partial charge < -0.3 is 4.52 Å². The quantitative estimate of drug-likeness (QED) is 0.813. The van der Waals surface area contributed by atoms with Crippen molar-refractivity contribution in [1.29, 1.82) is 0 Å². The number of aryl methyl sites for hydroxylation is 1. The first-order valence-corrected chi connectivity index (χ1v) is 8.28. The SMILES string of the molecule is Cc1cc(CS(=O)(=O)Nc2cccc(I)c2C)no1. The summed E-state index contributed by atoms with van der Waals surface area (Å²) in [4.78, 5) is 0. The molecule has 0 fully saturated rings. The average Bonchev–Trinajstić information content (AvgIpc) is 2.69. The summed E-state index contributed by atoms with van der Waals surface area (Å²) in [6.45, 7) is 3.60. The highest BCUT2D eigenvalue weighted by Crippen LogP contribution is 2.22. The molecule has 0 saturated heterocycles. The minimum absolute atomic E-state index is 0.199. The van der Waals surface area contributed by atoms with Crippen molar-refractivity contribution < 1.29 is 12.9 Å². The third kappa shape index (κ3) is 3.69. The van der Waals surface area contributed by atoms with Gasteiger partial charge in [0.25, 0.3) is 0 Å². The zero-order valence-corrected chi connectivity index (χ0v) is 13.4. The van der Waals surface area contributed by atoms with Crippen molar-refractivity contribution in [3.05, 3.63) is 44.9 Å². The predicted molar refractivity (Wildman–Crippen MR) is 81.4 cm³/mol. The number of aromatic nitrogens is 1. The van der Waals surface area contributed by atoms with Crippen LogP contribution in [0.4, 0.5) is 5.69 Å². The van der Waals surface area contributed by atoms with Crippen LogP contribution in [-0.4, -0.2) is 13.6 Å². The number of halogens is 1. The summed E-state index contributed by atoms with van der Waals surface area (Å²) >= 11 is 2.17. The zero-order valence-electron chi connectivity index (χ0n) is 10.5. The normalized spacial score (nSPS) is 11.5. The minimum Gasteiger partial charge on any atom is -0.361 e. The third-order valence-electron chi connectivity index (χ3n) is 2.55. The average molecular weight is 392 g/mol. The molecule has 2 aromatic rings. The summed E-state index contributed by atoms with van der Waals surface area (Å²) in [6.07, 6.45) is 0. The van der Waals surface area contributed by atoms with Gasteiger partial charge in [0.15, 0.2) is 0 Å². The first-order chi connectivity index (χ1) is 8.87. The Labute approximate surface area is 125 Å². The molecule has 2 rings (SSSR count). The number of nitrogens with one attached hydrogen (secondary N) is 1. The van der Waals surface area contributed by atoms with Crippen LogP contribution < -0.4 is 4.72 Å². The summed E-state index contributed by atoms with van der Waals surface area (Å²) in [5.41, 5.74) is 1.89. The lowest BCUT2D eigenvalue weighted by Crippen LogP contribution is -2.16. The van der Waals surface area contributed by atoms with Crippen molar-refractivity contribution in [3.63, 3.8) is 0 Å². The van der Waals surface area contributed by atoms with E-state index in [4.69, 9.17) is 4.52 Å². The topological polar surface area (TPSA) is 72.2 Å². The van der Waals surface area contributed by atoms with E-state index in [2.05, 4.69) is 32.5 Å². The Bertz CT molecular complexity index is 695. The molecule has 0 aliphatic heterocycles. The molecule has 0 spiro atoms. The molecule has 102 valence electrons. The minimum atomic E-state index is -3.49. The van der Waals surface area contributed by atoms with E-state index in [0.717, 1.165) is 9.13 Å². The van der Waals surface area contributed by atoms with Gasteiger partial charge in [0, 0.05) is 9.64 Å². The van der Waals surface area contributed by atoms with Gasteiger partial charge in [-0.05, 0) is 54.1 Å². The van der Waals surface area contributed by atoms with Gasteiger partial charge in [0.05, 0.1) is 5.69 Å². The Morgan fingerprint density at radius 3 is 2.74 bits per heavy atom. The van der Waals surface area contributed by atoms with Gasteiger partial charge in [-0.1, -0.05) is 11.2 Å². The van der Waals surface area contributed by atoms with E-state index in [1.165, 1.54) is 0 Å². The van der Waals surface area contributed by atoms with Gasteiger partial charge in [0.2, 0.25) is 10.0 Å². The van der Waals surface area contributed by atoms with Crippen molar-refractivity contribution in [3.8, 4) is 0 Å². The van der Waals surface area contributed by atoms with Gasteiger partial charge in [0.1, 0.15) is 17.2 Å². The van der Waals surface area contributed by atoms with E-state index in [1.54, 1.807) is 19.1 Å². The van der Waals surface area contributed by atoms with E-state index >= 15 is 0 Å². The molecule has 0 radical (unpaired) electrons. The van der Waals surface area contributed by atoms with Crippen LogP contribution in [0.25, 0.3) is 0 Å². The predicted octanol–water partition coefficient (Wildman–Crippen LogP) is 2.84. The van der Waals surface area contributed by atoms with Gasteiger partial charge in [-0.2, -0.15) is 0 Å². The maximum absolute atomic E-state index is 12.0. The molecule has 0 amide bonds. The summed E-state index contributed by atoms with van der Waals surface area (Å²) in [5.74, 6) is 0.394. The highest BCUT2D eigenvalue weighted by molar-refractivity contribution is 14.1. The number of sulfonamides is 1. The van der Waals surface area contributed by atoms with Gasteiger partial charge in [-0.25, -0.2) is 8.42 Å². The largest absolute Gasteiger partial charge is 0.361 e. The highest BCUT2D eigenvalue weighted by atomic mass is 127. The molecule has 0 unspecified atom stereocenters. The fraction of sp³-hybridized carbons (Fsp3) is 0.250. The Morgan fingerprint density at radius 2 is 2.11 bits per heavy atom.